The van der Waals surface area contributed by atoms with Crippen LogP contribution in [-0.4, -0.2) is 36.5 Å². The van der Waals surface area contributed by atoms with Crippen molar-refractivity contribution in [2.45, 2.75) is 12.5 Å². The molecule has 2 aliphatic rings. The highest BCUT2D eigenvalue weighted by Gasteiger charge is 2.39. The van der Waals surface area contributed by atoms with Gasteiger partial charge in [0.1, 0.15) is 0 Å². The number of hydrogen-bond donors (Lipinski definition) is 1. The Morgan fingerprint density at radius 2 is 2.33 bits per heavy atom. The number of nitrogens with zero attached hydrogens (tertiary/aromatic N) is 2. The van der Waals surface area contributed by atoms with E-state index in [1.807, 2.05) is 4.90 Å². The van der Waals surface area contributed by atoms with Crippen LogP contribution in [0.2, 0.25) is 0 Å². The summed E-state index contributed by atoms with van der Waals surface area (Å²) in [6.45, 7) is 2.76. The molecule has 0 aliphatic carbocycles. The highest BCUT2D eigenvalue weighted by Crippen LogP contribution is 2.28. The molecule has 0 radical (unpaired) electrons. The van der Waals surface area contributed by atoms with Crippen molar-refractivity contribution in [2.24, 2.45) is 5.92 Å². The molecule has 0 spiro atoms. The van der Waals surface area contributed by atoms with Crippen LogP contribution >= 0.6 is 0 Å². The summed E-state index contributed by atoms with van der Waals surface area (Å²) in [5.41, 5.74) is 1.17. The first-order chi connectivity index (χ1) is 8.79. The predicted molar refractivity (Wildman–Crippen MR) is 67.0 cm³/mol. The van der Waals surface area contributed by atoms with Crippen LogP contribution in [0.15, 0.2) is 24.3 Å². The lowest BCUT2D eigenvalue weighted by Gasteiger charge is -2.23. The molecule has 0 bridgehead atoms. The minimum Gasteiger partial charge on any atom is -0.334 e. The van der Waals surface area contributed by atoms with Crippen LogP contribution in [0.1, 0.15) is 22.3 Å². The SMILES string of the molecule is N#Cc1cccc(C(=O)N2CC[C@@H]3CNC[C@@H]32)c1. The lowest BCUT2D eigenvalue weighted by atomic mass is 10.0. The first kappa shape index (κ1) is 11.2. The van der Waals surface area contributed by atoms with Crippen LogP contribution in [0.3, 0.4) is 0 Å². The first-order valence-corrected chi connectivity index (χ1v) is 6.31. The normalized spacial score (nSPS) is 25.8. The van der Waals surface area contributed by atoms with E-state index in [1.54, 1.807) is 24.3 Å². The summed E-state index contributed by atoms with van der Waals surface area (Å²) in [6.07, 6.45) is 1.08. The Bertz CT molecular complexity index is 520. The number of nitrogens with one attached hydrogen (secondary N) is 1. The van der Waals surface area contributed by atoms with Gasteiger partial charge in [-0.05, 0) is 30.5 Å². The van der Waals surface area contributed by atoms with Crippen molar-refractivity contribution in [3.63, 3.8) is 0 Å². The fourth-order valence-electron chi connectivity index (χ4n) is 2.99. The Hall–Kier alpha value is -1.86. The van der Waals surface area contributed by atoms with Crippen molar-refractivity contribution >= 4 is 5.91 Å². The van der Waals surface area contributed by atoms with E-state index in [1.165, 1.54) is 0 Å². The number of benzene rings is 1. The van der Waals surface area contributed by atoms with Crippen molar-refractivity contribution in [1.82, 2.24) is 10.2 Å². The maximum Gasteiger partial charge on any atom is 0.254 e. The average Bonchev–Trinajstić information content (AvgIpc) is 3.00. The van der Waals surface area contributed by atoms with Crippen LogP contribution in [0.5, 0.6) is 0 Å². The minimum atomic E-state index is 0.0586. The molecule has 2 heterocycles. The van der Waals surface area contributed by atoms with E-state index < -0.39 is 0 Å². The second-order valence-electron chi connectivity index (χ2n) is 4.97. The first-order valence-electron chi connectivity index (χ1n) is 6.31. The number of nitriles is 1. The van der Waals surface area contributed by atoms with Gasteiger partial charge in [-0.2, -0.15) is 5.26 Å². The van der Waals surface area contributed by atoms with Gasteiger partial charge < -0.3 is 10.2 Å². The Labute approximate surface area is 106 Å². The second-order valence-corrected chi connectivity index (χ2v) is 4.97. The van der Waals surface area contributed by atoms with Crippen LogP contribution in [0.25, 0.3) is 0 Å². The number of carbonyl (C=O) groups excluding carboxylic acids is 1. The summed E-state index contributed by atoms with van der Waals surface area (Å²) >= 11 is 0. The molecular formula is C14H15N3O. The van der Waals surface area contributed by atoms with E-state index in [0.717, 1.165) is 26.1 Å². The van der Waals surface area contributed by atoms with E-state index >= 15 is 0 Å². The van der Waals surface area contributed by atoms with Crippen LogP contribution in [-0.2, 0) is 0 Å². The summed E-state index contributed by atoms with van der Waals surface area (Å²) in [6, 6.07) is 9.37. The molecule has 3 rings (SSSR count). The molecule has 18 heavy (non-hydrogen) atoms. The number of likely N-dealkylation sites (tertiary alicyclic amines) is 1. The van der Waals surface area contributed by atoms with Crippen molar-refractivity contribution < 1.29 is 4.79 Å². The van der Waals surface area contributed by atoms with Crippen LogP contribution in [0, 0.1) is 17.2 Å². The zero-order valence-electron chi connectivity index (χ0n) is 10.1. The molecule has 1 amide bonds. The summed E-state index contributed by atoms with van der Waals surface area (Å²) in [5.74, 6) is 0.663. The molecule has 92 valence electrons. The molecule has 1 aromatic carbocycles. The molecule has 1 aromatic rings. The maximum atomic E-state index is 12.4. The highest BCUT2D eigenvalue weighted by atomic mass is 16.2. The summed E-state index contributed by atoms with van der Waals surface area (Å²) in [7, 11) is 0. The second kappa shape index (κ2) is 4.43. The van der Waals surface area contributed by atoms with Crippen molar-refractivity contribution in [2.75, 3.05) is 19.6 Å². The van der Waals surface area contributed by atoms with Gasteiger partial charge in [0.25, 0.3) is 5.91 Å². The molecule has 2 fully saturated rings. The maximum absolute atomic E-state index is 12.4. The Kier molecular flexibility index (Phi) is 2.77. The van der Waals surface area contributed by atoms with E-state index in [0.29, 0.717) is 23.1 Å². The third kappa shape index (κ3) is 1.77. The third-order valence-corrected chi connectivity index (χ3v) is 3.94. The Balaban J connectivity index is 1.84. The number of rotatable bonds is 1. The van der Waals surface area contributed by atoms with Gasteiger partial charge in [-0.3, -0.25) is 4.79 Å². The van der Waals surface area contributed by atoms with E-state index in [2.05, 4.69) is 11.4 Å². The van der Waals surface area contributed by atoms with Crippen LogP contribution < -0.4 is 5.32 Å². The van der Waals surface area contributed by atoms with Gasteiger partial charge in [0.05, 0.1) is 11.6 Å². The van der Waals surface area contributed by atoms with E-state index in [4.69, 9.17) is 5.26 Å². The summed E-state index contributed by atoms with van der Waals surface area (Å²) < 4.78 is 0. The average molecular weight is 241 g/mol. The number of hydrogen-bond acceptors (Lipinski definition) is 3. The molecule has 2 aliphatic heterocycles. The zero-order valence-corrected chi connectivity index (χ0v) is 10.1. The van der Waals surface area contributed by atoms with Gasteiger partial charge in [-0.15, -0.1) is 0 Å². The third-order valence-electron chi connectivity index (χ3n) is 3.94. The highest BCUT2D eigenvalue weighted by molar-refractivity contribution is 5.95. The number of carbonyl (C=O) groups is 1. The zero-order chi connectivity index (χ0) is 12.5. The predicted octanol–water partition coefficient (Wildman–Crippen LogP) is 0.992. The molecule has 2 atom stereocenters. The van der Waals surface area contributed by atoms with Crippen molar-refractivity contribution in [1.29, 1.82) is 5.26 Å². The van der Waals surface area contributed by atoms with E-state index in [9.17, 15) is 4.79 Å². The van der Waals surface area contributed by atoms with Gasteiger partial charge in [-0.1, -0.05) is 6.07 Å². The van der Waals surface area contributed by atoms with Crippen molar-refractivity contribution in [3.8, 4) is 6.07 Å². The van der Waals surface area contributed by atoms with Crippen molar-refractivity contribution in [3.05, 3.63) is 35.4 Å². The minimum absolute atomic E-state index is 0.0586. The molecule has 1 N–H and O–H groups in total. The molecule has 0 aromatic heterocycles. The Morgan fingerprint density at radius 3 is 3.17 bits per heavy atom. The molecule has 0 unspecified atom stereocenters. The quantitative estimate of drug-likeness (QED) is 0.797. The van der Waals surface area contributed by atoms with Crippen LogP contribution in [0.4, 0.5) is 0 Å². The van der Waals surface area contributed by atoms with Gasteiger partial charge in [-0.25, -0.2) is 0 Å². The van der Waals surface area contributed by atoms with E-state index in [-0.39, 0.29) is 5.91 Å². The number of amides is 1. The van der Waals surface area contributed by atoms with Gasteiger partial charge >= 0.3 is 0 Å². The lowest BCUT2D eigenvalue weighted by molar-refractivity contribution is 0.0737. The smallest absolute Gasteiger partial charge is 0.254 e. The molecule has 4 nitrogen and oxygen atoms in total. The topological polar surface area (TPSA) is 56.1 Å². The Morgan fingerprint density at radius 1 is 1.44 bits per heavy atom. The fourth-order valence-corrected chi connectivity index (χ4v) is 2.99. The lowest BCUT2D eigenvalue weighted by Crippen LogP contribution is -2.39. The van der Waals surface area contributed by atoms with Gasteiger partial charge in [0.15, 0.2) is 0 Å². The molecule has 4 heteroatoms. The fraction of sp³-hybridized carbons (Fsp3) is 0.429. The largest absolute Gasteiger partial charge is 0.334 e. The number of fused-ring (bicyclic) bond motifs is 1. The standard InChI is InChI=1S/C14H15N3O/c15-7-10-2-1-3-11(6-10)14(18)17-5-4-12-8-16-9-13(12)17/h1-3,6,12-13,16H,4-5,8-9H2/t12-,13+/m1/s1. The summed E-state index contributed by atoms with van der Waals surface area (Å²) in [5, 5.41) is 12.2. The van der Waals surface area contributed by atoms with Gasteiger partial charge in [0, 0.05) is 31.2 Å². The molecular weight excluding hydrogens is 226 g/mol. The molecule has 2 saturated heterocycles. The monoisotopic (exact) mass is 241 g/mol. The van der Waals surface area contributed by atoms with Gasteiger partial charge in [0.2, 0.25) is 0 Å². The summed E-state index contributed by atoms with van der Waals surface area (Å²) in [4.78, 5) is 14.4. The molecule has 0 saturated carbocycles.